The molecule has 0 aliphatic heterocycles. The molecule has 2 rings (SSSR count). The van der Waals surface area contributed by atoms with Gasteiger partial charge in [-0.15, -0.1) is 0 Å². The van der Waals surface area contributed by atoms with Crippen molar-refractivity contribution in [1.82, 2.24) is 0 Å². The molecule has 2 aromatic carbocycles. The summed E-state index contributed by atoms with van der Waals surface area (Å²) in [4.78, 5) is 0. The summed E-state index contributed by atoms with van der Waals surface area (Å²) in [6.45, 7) is 0. The van der Waals surface area contributed by atoms with Gasteiger partial charge in [0, 0.05) is 5.56 Å². The third kappa shape index (κ3) is 2.52. The minimum atomic E-state index is -0.927. The van der Waals surface area contributed by atoms with Gasteiger partial charge in [-0.1, -0.05) is 65.8 Å². The van der Waals surface area contributed by atoms with Crippen LogP contribution in [0.1, 0.15) is 17.2 Å². The van der Waals surface area contributed by atoms with Gasteiger partial charge in [-0.05, 0) is 5.56 Å². The van der Waals surface area contributed by atoms with Gasteiger partial charge < -0.3 is 10.3 Å². The van der Waals surface area contributed by atoms with Gasteiger partial charge in [0.25, 0.3) is 0 Å². The zero-order valence-electron chi connectivity index (χ0n) is 9.19. The second kappa shape index (κ2) is 5.27. The maximum Gasteiger partial charge on any atom is 0.125 e. The zero-order valence-corrected chi connectivity index (χ0v) is 9.19. The van der Waals surface area contributed by atoms with Gasteiger partial charge in [-0.25, -0.2) is 0 Å². The molecule has 0 aromatic heterocycles. The van der Waals surface area contributed by atoms with Crippen LogP contribution in [0.3, 0.4) is 0 Å². The Morgan fingerprint density at radius 2 is 1.41 bits per heavy atom. The normalized spacial score (nSPS) is 13.4. The molecule has 3 nitrogen and oxygen atoms in total. The molecule has 0 radical (unpaired) electrons. The van der Waals surface area contributed by atoms with Crippen LogP contribution < -0.4 is 0 Å². The van der Waals surface area contributed by atoms with Crippen LogP contribution in [0.25, 0.3) is 0 Å². The highest BCUT2D eigenvalue weighted by atomic mass is 16.4. The van der Waals surface area contributed by atoms with E-state index in [2.05, 4.69) is 5.16 Å². The predicted molar refractivity (Wildman–Crippen MR) is 66.2 cm³/mol. The van der Waals surface area contributed by atoms with E-state index in [9.17, 15) is 5.11 Å². The van der Waals surface area contributed by atoms with Gasteiger partial charge in [-0.2, -0.15) is 0 Å². The minimum Gasteiger partial charge on any atom is -0.411 e. The lowest BCUT2D eigenvalue weighted by Gasteiger charge is -2.12. The summed E-state index contributed by atoms with van der Waals surface area (Å²) in [5.41, 5.74) is 1.65. The summed E-state index contributed by atoms with van der Waals surface area (Å²) in [7, 11) is 0. The van der Waals surface area contributed by atoms with Gasteiger partial charge in [0.2, 0.25) is 0 Å². The summed E-state index contributed by atoms with van der Waals surface area (Å²) >= 11 is 0. The number of aliphatic hydroxyl groups is 1. The molecule has 0 saturated heterocycles. The number of benzene rings is 2. The van der Waals surface area contributed by atoms with E-state index in [-0.39, 0.29) is 5.71 Å². The molecular weight excluding hydrogens is 214 g/mol. The van der Waals surface area contributed by atoms with E-state index in [0.717, 1.165) is 0 Å². The number of aliphatic hydroxyl groups excluding tert-OH is 1. The highest BCUT2D eigenvalue weighted by Crippen LogP contribution is 2.18. The smallest absolute Gasteiger partial charge is 0.125 e. The Labute approximate surface area is 99.7 Å². The first kappa shape index (κ1) is 11.4. The monoisotopic (exact) mass is 227 g/mol. The topological polar surface area (TPSA) is 52.8 Å². The number of rotatable bonds is 3. The van der Waals surface area contributed by atoms with Crippen molar-refractivity contribution in [3.05, 3.63) is 71.8 Å². The molecule has 0 fully saturated rings. The Kier molecular flexibility index (Phi) is 3.52. The van der Waals surface area contributed by atoms with E-state index >= 15 is 0 Å². The predicted octanol–water partition coefficient (Wildman–Crippen LogP) is 2.60. The SMILES string of the molecule is O/N=C(\c1ccccc1)[C@@H](O)c1ccccc1. The molecule has 0 spiro atoms. The van der Waals surface area contributed by atoms with Gasteiger partial charge in [0.15, 0.2) is 0 Å². The number of hydrogen-bond acceptors (Lipinski definition) is 3. The van der Waals surface area contributed by atoms with Crippen LogP contribution in [0.15, 0.2) is 65.8 Å². The standard InChI is InChI=1S/C14H13NO2/c16-14(12-9-5-2-6-10-12)13(15-17)11-7-3-1-4-8-11/h1-10,14,16-17H/b15-13+/t14-/m0/s1. The summed E-state index contributed by atoms with van der Waals surface area (Å²) < 4.78 is 0. The Balaban J connectivity index is 2.33. The second-order valence-electron chi connectivity index (χ2n) is 3.66. The van der Waals surface area contributed by atoms with Crippen molar-refractivity contribution in [3.63, 3.8) is 0 Å². The molecular formula is C14H13NO2. The van der Waals surface area contributed by atoms with Crippen molar-refractivity contribution in [2.24, 2.45) is 5.16 Å². The first-order valence-corrected chi connectivity index (χ1v) is 5.33. The van der Waals surface area contributed by atoms with Crippen LogP contribution in [-0.2, 0) is 0 Å². The van der Waals surface area contributed by atoms with Crippen LogP contribution >= 0.6 is 0 Å². The fraction of sp³-hybridized carbons (Fsp3) is 0.0714. The van der Waals surface area contributed by atoms with Gasteiger partial charge in [-0.3, -0.25) is 0 Å². The molecule has 0 heterocycles. The fourth-order valence-corrected chi connectivity index (χ4v) is 1.67. The summed E-state index contributed by atoms with van der Waals surface area (Å²) in [6, 6.07) is 18.2. The Hall–Kier alpha value is -2.13. The highest BCUT2D eigenvalue weighted by Gasteiger charge is 2.17. The molecule has 0 amide bonds. The van der Waals surface area contributed by atoms with Crippen LogP contribution in [0.4, 0.5) is 0 Å². The average molecular weight is 227 g/mol. The first-order valence-electron chi connectivity index (χ1n) is 5.33. The van der Waals surface area contributed by atoms with E-state index in [1.54, 1.807) is 24.3 Å². The summed E-state index contributed by atoms with van der Waals surface area (Å²) in [5.74, 6) is 0. The van der Waals surface area contributed by atoms with Crippen molar-refractivity contribution in [1.29, 1.82) is 0 Å². The zero-order chi connectivity index (χ0) is 12.1. The molecule has 0 bridgehead atoms. The Bertz CT molecular complexity index is 494. The summed E-state index contributed by atoms with van der Waals surface area (Å²) in [5, 5.41) is 22.4. The van der Waals surface area contributed by atoms with E-state index in [0.29, 0.717) is 11.1 Å². The number of hydrogen-bond donors (Lipinski definition) is 2. The number of oxime groups is 1. The molecule has 86 valence electrons. The van der Waals surface area contributed by atoms with Crippen LogP contribution in [0.2, 0.25) is 0 Å². The first-order chi connectivity index (χ1) is 8.33. The lowest BCUT2D eigenvalue weighted by atomic mass is 9.99. The molecule has 1 atom stereocenters. The van der Waals surface area contributed by atoms with Gasteiger partial charge in [0.05, 0.1) is 0 Å². The molecule has 2 N–H and O–H groups in total. The van der Waals surface area contributed by atoms with E-state index in [1.807, 2.05) is 36.4 Å². The maximum atomic E-state index is 10.1. The van der Waals surface area contributed by atoms with E-state index < -0.39 is 6.10 Å². The van der Waals surface area contributed by atoms with Gasteiger partial charge >= 0.3 is 0 Å². The fourth-order valence-electron chi connectivity index (χ4n) is 1.67. The molecule has 0 aliphatic rings. The van der Waals surface area contributed by atoms with E-state index in [1.165, 1.54) is 0 Å². The number of nitrogens with zero attached hydrogens (tertiary/aromatic N) is 1. The van der Waals surface area contributed by atoms with Gasteiger partial charge in [0.1, 0.15) is 11.8 Å². The molecule has 2 aromatic rings. The Morgan fingerprint density at radius 1 is 0.882 bits per heavy atom. The largest absolute Gasteiger partial charge is 0.411 e. The molecule has 3 heteroatoms. The quantitative estimate of drug-likeness (QED) is 0.481. The van der Waals surface area contributed by atoms with Crippen molar-refractivity contribution in [2.75, 3.05) is 0 Å². The van der Waals surface area contributed by atoms with E-state index in [4.69, 9.17) is 5.21 Å². The van der Waals surface area contributed by atoms with Crippen LogP contribution in [-0.4, -0.2) is 16.0 Å². The van der Waals surface area contributed by atoms with Crippen molar-refractivity contribution in [2.45, 2.75) is 6.10 Å². The van der Waals surface area contributed by atoms with Crippen LogP contribution in [0, 0.1) is 0 Å². The van der Waals surface area contributed by atoms with Crippen molar-refractivity contribution >= 4 is 5.71 Å². The highest BCUT2D eigenvalue weighted by molar-refractivity contribution is 6.03. The second-order valence-corrected chi connectivity index (χ2v) is 3.66. The summed E-state index contributed by atoms with van der Waals surface area (Å²) in [6.07, 6.45) is -0.927. The lowest BCUT2D eigenvalue weighted by Crippen LogP contribution is -2.13. The third-order valence-electron chi connectivity index (χ3n) is 2.55. The lowest BCUT2D eigenvalue weighted by molar-refractivity contribution is 0.235. The molecule has 17 heavy (non-hydrogen) atoms. The third-order valence-corrected chi connectivity index (χ3v) is 2.55. The maximum absolute atomic E-state index is 10.1. The average Bonchev–Trinajstić information content (AvgIpc) is 2.42. The molecule has 0 unspecified atom stereocenters. The Morgan fingerprint density at radius 3 is 1.94 bits per heavy atom. The van der Waals surface area contributed by atoms with Crippen LogP contribution in [0.5, 0.6) is 0 Å². The van der Waals surface area contributed by atoms with Crippen molar-refractivity contribution < 1.29 is 10.3 Å². The molecule has 0 aliphatic carbocycles. The molecule has 0 saturated carbocycles. The minimum absolute atomic E-state index is 0.247. The van der Waals surface area contributed by atoms with Crippen molar-refractivity contribution in [3.8, 4) is 0 Å².